The second-order valence-corrected chi connectivity index (χ2v) is 3.99. The van der Waals surface area contributed by atoms with Crippen LogP contribution in [0.5, 0.6) is 0 Å². The van der Waals surface area contributed by atoms with Gasteiger partial charge in [-0.15, -0.1) is 0 Å². The number of carboxylic acid groups (broad SMARTS) is 1. The summed E-state index contributed by atoms with van der Waals surface area (Å²) in [4.78, 5) is 18.9. The van der Waals surface area contributed by atoms with Gasteiger partial charge in [-0.05, 0) is 19.4 Å². The first-order valence-electron chi connectivity index (χ1n) is 5.98. The van der Waals surface area contributed by atoms with Gasteiger partial charge in [0, 0.05) is 6.54 Å². The van der Waals surface area contributed by atoms with Crippen molar-refractivity contribution in [2.75, 3.05) is 13.1 Å². The minimum Gasteiger partial charge on any atom is -0.480 e. The van der Waals surface area contributed by atoms with Crippen molar-refractivity contribution >= 4 is 17.9 Å². The van der Waals surface area contributed by atoms with Crippen molar-refractivity contribution in [2.45, 2.75) is 31.8 Å². The molecule has 0 amide bonds. The van der Waals surface area contributed by atoms with Gasteiger partial charge in [0.2, 0.25) is 0 Å². The van der Waals surface area contributed by atoms with Crippen LogP contribution in [0.15, 0.2) is 9.98 Å². The molecule has 9 nitrogen and oxygen atoms in total. The normalized spacial score (nSPS) is 13.3. The Morgan fingerprint density at radius 1 is 1.26 bits per heavy atom. The number of nitrogens with two attached hydrogens (primary N) is 4. The molecule has 0 aromatic carbocycles. The highest BCUT2D eigenvalue weighted by Crippen LogP contribution is 2.06. The predicted octanol–water partition coefficient (Wildman–Crippen LogP) is -2.26. The minimum absolute atomic E-state index is 0.0585. The second-order valence-electron chi connectivity index (χ2n) is 3.99. The van der Waals surface area contributed by atoms with E-state index in [2.05, 4.69) is 15.3 Å². The van der Waals surface area contributed by atoms with Crippen LogP contribution in [0.3, 0.4) is 0 Å². The molecule has 110 valence electrons. The van der Waals surface area contributed by atoms with E-state index in [4.69, 9.17) is 22.9 Å². The van der Waals surface area contributed by atoms with Gasteiger partial charge in [-0.1, -0.05) is 6.92 Å². The Bertz CT molecular complexity index is 335. The fourth-order valence-corrected chi connectivity index (χ4v) is 1.51. The van der Waals surface area contributed by atoms with E-state index < -0.39 is 18.1 Å². The van der Waals surface area contributed by atoms with Crippen LogP contribution in [0, 0.1) is 0 Å². The Hall–Kier alpha value is -2.03. The molecule has 0 aliphatic heterocycles. The first-order chi connectivity index (χ1) is 8.88. The fraction of sp³-hybridized carbons (Fsp3) is 0.700. The summed E-state index contributed by atoms with van der Waals surface area (Å²) < 4.78 is 0. The number of hydrogen-bond donors (Lipinski definition) is 6. The molecule has 1 unspecified atom stereocenters. The minimum atomic E-state index is -1.02. The molecule has 10 N–H and O–H groups in total. The number of guanidine groups is 2. The maximum Gasteiger partial charge on any atom is 0.322 e. The van der Waals surface area contributed by atoms with Gasteiger partial charge >= 0.3 is 5.97 Å². The number of hydrogen-bond acceptors (Lipinski definition) is 4. The van der Waals surface area contributed by atoms with Crippen LogP contribution >= 0.6 is 0 Å². The van der Waals surface area contributed by atoms with Crippen molar-refractivity contribution in [3.05, 3.63) is 0 Å². The van der Waals surface area contributed by atoms with Crippen molar-refractivity contribution in [1.29, 1.82) is 0 Å². The van der Waals surface area contributed by atoms with E-state index in [1.54, 1.807) is 0 Å². The molecule has 0 aliphatic rings. The molecule has 0 aromatic heterocycles. The zero-order chi connectivity index (χ0) is 14.8. The molecule has 19 heavy (non-hydrogen) atoms. The van der Waals surface area contributed by atoms with Gasteiger partial charge in [-0.25, -0.2) is 4.99 Å². The van der Waals surface area contributed by atoms with Crippen LogP contribution in [-0.4, -0.2) is 48.2 Å². The molecule has 0 aromatic rings. The third kappa shape index (κ3) is 7.82. The monoisotopic (exact) mass is 273 g/mol. The average Bonchev–Trinajstić information content (AvgIpc) is 2.27. The van der Waals surface area contributed by atoms with Gasteiger partial charge in [0.15, 0.2) is 11.9 Å². The van der Waals surface area contributed by atoms with Crippen LogP contribution in [0.1, 0.15) is 19.8 Å². The molecule has 0 aliphatic carbocycles. The molecule has 0 heterocycles. The summed E-state index contributed by atoms with van der Waals surface area (Å²) in [6.45, 7) is 2.73. The maximum atomic E-state index is 11.2. The molecule has 0 fully saturated rings. The van der Waals surface area contributed by atoms with E-state index in [9.17, 15) is 9.90 Å². The van der Waals surface area contributed by atoms with Crippen molar-refractivity contribution in [2.24, 2.45) is 32.9 Å². The highest BCUT2D eigenvalue weighted by atomic mass is 16.4. The number of carbonyl (C=O) groups is 1. The molecular weight excluding hydrogens is 250 g/mol. The summed E-state index contributed by atoms with van der Waals surface area (Å²) in [6, 6.07) is -1.51. The number of nitrogens with zero attached hydrogens (tertiary/aromatic N) is 2. The van der Waals surface area contributed by atoms with Gasteiger partial charge in [-0.3, -0.25) is 9.79 Å². The first-order valence-corrected chi connectivity index (χ1v) is 5.98. The van der Waals surface area contributed by atoms with E-state index in [1.165, 1.54) is 0 Å². The van der Waals surface area contributed by atoms with E-state index in [-0.39, 0.29) is 18.5 Å². The summed E-state index contributed by atoms with van der Waals surface area (Å²) in [5.41, 5.74) is 21.0. The number of aliphatic imine (C=N–C) groups is 2. The van der Waals surface area contributed by atoms with Gasteiger partial charge in [-0.2, -0.15) is 0 Å². The quantitative estimate of drug-likeness (QED) is 0.203. The fourth-order valence-electron chi connectivity index (χ4n) is 1.51. The standard InChI is InChI=1S/C10H23N7O2/c1-2-4-15-7(8(18)19)6(17-10(13)14)3-5-16-9(11)12/h6-7,15H,2-5H2,1H3,(H,18,19)(H4,11,12,16)(H4,13,14,17)/t6?,7-/m0/s1. The Balaban J connectivity index is 4.81. The molecule has 0 spiro atoms. The molecule has 2 atom stereocenters. The van der Waals surface area contributed by atoms with Crippen molar-refractivity contribution in [3.63, 3.8) is 0 Å². The Morgan fingerprint density at radius 3 is 2.32 bits per heavy atom. The molecular formula is C10H23N7O2. The third-order valence-corrected chi connectivity index (χ3v) is 2.30. The molecule has 0 saturated heterocycles. The van der Waals surface area contributed by atoms with Crippen LogP contribution in [0.4, 0.5) is 0 Å². The summed E-state index contributed by atoms with van der Waals surface area (Å²) in [5, 5.41) is 12.1. The van der Waals surface area contributed by atoms with Crippen molar-refractivity contribution < 1.29 is 9.90 Å². The van der Waals surface area contributed by atoms with Crippen LogP contribution < -0.4 is 28.3 Å². The lowest BCUT2D eigenvalue weighted by atomic mass is 10.1. The van der Waals surface area contributed by atoms with E-state index in [0.717, 1.165) is 6.42 Å². The average molecular weight is 273 g/mol. The zero-order valence-electron chi connectivity index (χ0n) is 11.0. The highest BCUT2D eigenvalue weighted by Gasteiger charge is 2.27. The second kappa shape index (κ2) is 8.97. The largest absolute Gasteiger partial charge is 0.480 e. The topological polar surface area (TPSA) is 178 Å². The van der Waals surface area contributed by atoms with Crippen molar-refractivity contribution in [1.82, 2.24) is 5.32 Å². The molecule has 0 bridgehead atoms. The summed E-state index contributed by atoms with van der Waals surface area (Å²) >= 11 is 0. The highest BCUT2D eigenvalue weighted by molar-refractivity contribution is 5.78. The van der Waals surface area contributed by atoms with Gasteiger partial charge in [0.05, 0.1) is 6.04 Å². The predicted molar refractivity (Wildman–Crippen MR) is 74.6 cm³/mol. The molecule has 9 heteroatoms. The molecule has 0 radical (unpaired) electrons. The van der Waals surface area contributed by atoms with Crippen LogP contribution in [0.2, 0.25) is 0 Å². The van der Waals surface area contributed by atoms with Gasteiger partial charge in [0.1, 0.15) is 6.04 Å². The summed E-state index contributed by atoms with van der Waals surface area (Å²) in [6.07, 6.45) is 1.12. The van der Waals surface area contributed by atoms with Crippen LogP contribution in [0.25, 0.3) is 0 Å². The molecule has 0 saturated carbocycles. The van der Waals surface area contributed by atoms with Crippen LogP contribution in [-0.2, 0) is 4.79 Å². The molecule has 0 rings (SSSR count). The number of carboxylic acids is 1. The summed E-state index contributed by atoms with van der Waals surface area (Å²) in [5.74, 6) is -1.25. The lowest BCUT2D eigenvalue weighted by Crippen LogP contribution is -2.47. The lowest BCUT2D eigenvalue weighted by molar-refractivity contribution is -0.140. The smallest absolute Gasteiger partial charge is 0.322 e. The Kier molecular flexibility index (Phi) is 8.02. The Labute approximate surface area is 112 Å². The maximum absolute atomic E-state index is 11.2. The number of nitrogens with one attached hydrogen (secondary N) is 1. The number of rotatable bonds is 9. The van der Waals surface area contributed by atoms with Crippen molar-refractivity contribution in [3.8, 4) is 0 Å². The lowest BCUT2D eigenvalue weighted by Gasteiger charge is -2.21. The van der Waals surface area contributed by atoms with Gasteiger partial charge < -0.3 is 33.4 Å². The zero-order valence-corrected chi connectivity index (χ0v) is 11.0. The third-order valence-electron chi connectivity index (χ3n) is 2.30. The van der Waals surface area contributed by atoms with E-state index in [0.29, 0.717) is 13.0 Å². The summed E-state index contributed by atoms with van der Waals surface area (Å²) in [7, 11) is 0. The Morgan fingerprint density at radius 2 is 1.89 bits per heavy atom. The first kappa shape index (κ1) is 17.0. The number of aliphatic carboxylic acids is 1. The SMILES string of the molecule is CCCN[C@H](C(=O)O)C(CCN=C(N)N)N=C(N)N. The van der Waals surface area contributed by atoms with Gasteiger partial charge in [0.25, 0.3) is 0 Å². The van der Waals surface area contributed by atoms with E-state index in [1.807, 2.05) is 6.92 Å². The van der Waals surface area contributed by atoms with E-state index >= 15 is 0 Å².